The molecule has 180 valence electrons. The molecule has 2 rings (SSSR count). The standard InChI is InChI=1S/C19H29ClN2O8P2/c1-6-27-31(24,28-7-2)19(32(25,29-8-3)30-9-4)13-16(21-22-19)18(23)14-10-11-15(20)17(12-14)26-5/h10-12,16H,6-9,13H2,1-5H3. The summed E-state index contributed by atoms with van der Waals surface area (Å²) in [6, 6.07) is 3.38. The number of carbonyl (C=O) groups is 1. The number of benzene rings is 1. The lowest BCUT2D eigenvalue weighted by Crippen LogP contribution is -2.33. The minimum atomic E-state index is -4.24. The molecule has 1 unspecified atom stereocenters. The van der Waals surface area contributed by atoms with Gasteiger partial charge in [0.15, 0.2) is 5.78 Å². The van der Waals surface area contributed by atoms with E-state index in [9.17, 15) is 13.9 Å². The number of nitrogens with zero attached hydrogens (tertiary/aromatic N) is 2. The molecule has 0 amide bonds. The highest BCUT2D eigenvalue weighted by Crippen LogP contribution is 2.81. The molecule has 1 aliphatic rings. The Kier molecular flexibility index (Phi) is 9.61. The summed E-state index contributed by atoms with van der Waals surface area (Å²) < 4.78 is 54.9. The number of methoxy groups -OCH3 is 1. The van der Waals surface area contributed by atoms with E-state index in [2.05, 4.69) is 10.2 Å². The van der Waals surface area contributed by atoms with Gasteiger partial charge in [0.05, 0.1) is 38.6 Å². The molecule has 1 aromatic carbocycles. The van der Waals surface area contributed by atoms with Gasteiger partial charge < -0.3 is 22.8 Å². The predicted molar refractivity (Wildman–Crippen MR) is 120 cm³/mol. The van der Waals surface area contributed by atoms with E-state index in [-0.39, 0.29) is 38.4 Å². The van der Waals surface area contributed by atoms with Gasteiger partial charge in [-0.05, 0) is 45.9 Å². The molecule has 0 saturated heterocycles. The second-order valence-corrected chi connectivity index (χ2v) is 11.9. The fraction of sp³-hybridized carbons (Fsp3) is 0.632. The van der Waals surface area contributed by atoms with E-state index in [1.807, 2.05) is 0 Å². The van der Waals surface area contributed by atoms with Gasteiger partial charge in [-0.1, -0.05) is 11.6 Å². The Morgan fingerprint density at radius 3 is 1.97 bits per heavy atom. The number of rotatable bonds is 13. The summed E-state index contributed by atoms with van der Waals surface area (Å²) in [6.45, 7) is 6.39. The lowest BCUT2D eigenvalue weighted by molar-refractivity contribution is 0.0959. The maximum atomic E-state index is 13.9. The lowest BCUT2D eigenvalue weighted by atomic mass is 10.0. The van der Waals surface area contributed by atoms with Crippen LogP contribution >= 0.6 is 26.8 Å². The van der Waals surface area contributed by atoms with E-state index in [1.54, 1.807) is 27.7 Å². The molecule has 0 fully saturated rings. The molecule has 32 heavy (non-hydrogen) atoms. The highest BCUT2D eigenvalue weighted by Gasteiger charge is 2.69. The van der Waals surface area contributed by atoms with E-state index in [1.165, 1.54) is 25.3 Å². The second kappa shape index (κ2) is 11.3. The molecule has 0 bridgehead atoms. The van der Waals surface area contributed by atoms with Crippen LogP contribution in [0.25, 0.3) is 0 Å². The quantitative estimate of drug-likeness (QED) is 0.236. The van der Waals surface area contributed by atoms with Crippen molar-refractivity contribution in [2.75, 3.05) is 33.5 Å². The average Bonchev–Trinajstić information content (AvgIpc) is 3.22. The van der Waals surface area contributed by atoms with Crippen molar-refractivity contribution in [3.8, 4) is 5.75 Å². The Morgan fingerprint density at radius 2 is 1.53 bits per heavy atom. The number of halogens is 1. The normalized spacial score (nSPS) is 18.1. The SMILES string of the molecule is CCOP(=O)(OCC)C1(P(=O)(OCC)OCC)CC(C(=O)c2ccc(Cl)c(OC)c2)N=N1. The Bertz CT molecular complexity index is 892. The zero-order valence-corrected chi connectivity index (χ0v) is 21.3. The largest absolute Gasteiger partial charge is 0.495 e. The summed E-state index contributed by atoms with van der Waals surface area (Å²) >= 11 is 6.05. The monoisotopic (exact) mass is 510 g/mol. The molecule has 13 heteroatoms. The zero-order chi connectivity index (χ0) is 24.0. The molecule has 1 aromatic rings. The van der Waals surface area contributed by atoms with Crippen molar-refractivity contribution in [3.63, 3.8) is 0 Å². The van der Waals surface area contributed by atoms with Crippen molar-refractivity contribution in [1.29, 1.82) is 0 Å². The number of Topliss-reactive ketones (excluding diaryl/α,β-unsaturated/α-hetero) is 1. The van der Waals surface area contributed by atoms with Crippen LogP contribution in [0.3, 0.4) is 0 Å². The molecule has 0 spiro atoms. The fourth-order valence-electron chi connectivity index (χ4n) is 3.30. The first-order chi connectivity index (χ1) is 15.2. The van der Waals surface area contributed by atoms with Gasteiger partial charge in [0.25, 0.3) is 5.02 Å². The summed E-state index contributed by atoms with van der Waals surface area (Å²) in [5.74, 6) is -0.146. The minimum absolute atomic E-state index is 0.0141. The number of ether oxygens (including phenoxy) is 1. The summed E-state index contributed by atoms with van der Waals surface area (Å²) in [5.41, 5.74) is 0.247. The molecule has 0 aromatic heterocycles. The maximum absolute atomic E-state index is 13.9. The minimum Gasteiger partial charge on any atom is -0.495 e. The number of hydrogen-bond donors (Lipinski definition) is 0. The van der Waals surface area contributed by atoms with Crippen molar-refractivity contribution >= 4 is 32.6 Å². The highest BCUT2D eigenvalue weighted by molar-refractivity contribution is 7.74. The van der Waals surface area contributed by atoms with Gasteiger partial charge in [0, 0.05) is 12.0 Å². The van der Waals surface area contributed by atoms with Gasteiger partial charge in [-0.3, -0.25) is 13.9 Å². The predicted octanol–water partition coefficient (Wildman–Crippen LogP) is 5.94. The van der Waals surface area contributed by atoms with E-state index < -0.39 is 32.0 Å². The van der Waals surface area contributed by atoms with Crippen molar-refractivity contribution in [3.05, 3.63) is 28.8 Å². The number of ketones is 1. The van der Waals surface area contributed by atoms with Gasteiger partial charge in [0.1, 0.15) is 11.8 Å². The third-order valence-corrected chi connectivity index (χ3v) is 11.1. The van der Waals surface area contributed by atoms with E-state index in [4.69, 9.17) is 34.4 Å². The Morgan fingerprint density at radius 1 is 1.03 bits per heavy atom. The molecule has 0 radical (unpaired) electrons. The summed E-state index contributed by atoms with van der Waals surface area (Å²) in [5, 5.41) is 6.35. The molecular formula is C19H29ClN2O8P2. The second-order valence-electron chi connectivity index (χ2n) is 6.59. The van der Waals surface area contributed by atoms with Crippen LogP contribution in [0.1, 0.15) is 44.5 Å². The third kappa shape index (κ3) is 5.02. The topological polar surface area (TPSA) is 122 Å². The third-order valence-electron chi connectivity index (χ3n) is 4.64. The van der Waals surface area contributed by atoms with Crippen molar-refractivity contribution in [2.24, 2.45) is 10.2 Å². The molecule has 1 aliphatic heterocycles. The zero-order valence-electron chi connectivity index (χ0n) is 18.8. The van der Waals surface area contributed by atoms with Crippen LogP contribution in [-0.4, -0.2) is 50.4 Å². The van der Waals surface area contributed by atoms with Gasteiger partial charge in [-0.25, -0.2) is 0 Å². The maximum Gasteiger partial charge on any atom is 0.372 e. The Hall–Kier alpha value is -1.12. The van der Waals surface area contributed by atoms with Crippen LogP contribution in [-0.2, 0) is 27.2 Å². The fourth-order valence-corrected chi connectivity index (χ4v) is 8.84. The molecule has 10 nitrogen and oxygen atoms in total. The van der Waals surface area contributed by atoms with E-state index in [0.717, 1.165) is 0 Å². The summed E-state index contributed by atoms with van der Waals surface area (Å²) in [6.07, 6.45) is -0.342. The van der Waals surface area contributed by atoms with E-state index in [0.29, 0.717) is 10.8 Å². The molecule has 0 aliphatic carbocycles. The average molecular weight is 511 g/mol. The van der Waals surface area contributed by atoms with Gasteiger partial charge >= 0.3 is 15.2 Å². The first kappa shape index (κ1) is 27.1. The van der Waals surface area contributed by atoms with Crippen LogP contribution in [0, 0.1) is 0 Å². The van der Waals surface area contributed by atoms with Crippen LogP contribution in [0.15, 0.2) is 28.4 Å². The lowest BCUT2D eigenvalue weighted by Gasteiger charge is -2.36. The summed E-state index contributed by atoms with van der Waals surface area (Å²) in [7, 11) is -7.06. The molecule has 1 heterocycles. The van der Waals surface area contributed by atoms with Crippen molar-refractivity contribution < 1.29 is 36.8 Å². The number of carbonyl (C=O) groups excluding carboxylic acids is 1. The molecule has 1 atom stereocenters. The number of hydrogen-bond acceptors (Lipinski definition) is 10. The van der Waals surface area contributed by atoms with Crippen LogP contribution in [0.5, 0.6) is 5.75 Å². The molecule has 0 saturated carbocycles. The smallest absolute Gasteiger partial charge is 0.372 e. The van der Waals surface area contributed by atoms with E-state index >= 15 is 0 Å². The van der Waals surface area contributed by atoms with Crippen LogP contribution in [0.4, 0.5) is 0 Å². The van der Waals surface area contributed by atoms with Crippen molar-refractivity contribution in [2.45, 2.75) is 45.2 Å². The van der Waals surface area contributed by atoms with Crippen molar-refractivity contribution in [1.82, 2.24) is 0 Å². The van der Waals surface area contributed by atoms with Crippen LogP contribution < -0.4 is 4.74 Å². The first-order valence-electron chi connectivity index (χ1n) is 10.3. The summed E-state index contributed by atoms with van der Waals surface area (Å²) in [4.78, 5) is 13.2. The van der Waals surface area contributed by atoms with Gasteiger partial charge in [-0.15, -0.1) is 0 Å². The van der Waals surface area contributed by atoms with Crippen LogP contribution in [0.2, 0.25) is 5.02 Å². The Labute approximate surface area is 193 Å². The Balaban J connectivity index is 2.56. The van der Waals surface area contributed by atoms with Gasteiger partial charge in [-0.2, -0.15) is 10.2 Å². The molecule has 0 N–H and O–H groups in total. The molecular weight excluding hydrogens is 482 g/mol. The number of azo groups is 1. The highest BCUT2D eigenvalue weighted by atomic mass is 35.5. The first-order valence-corrected chi connectivity index (χ1v) is 13.7. The van der Waals surface area contributed by atoms with Gasteiger partial charge in [0.2, 0.25) is 0 Å².